The van der Waals surface area contributed by atoms with E-state index >= 15 is 0 Å². The number of aromatic nitrogens is 1. The fourth-order valence-corrected chi connectivity index (χ4v) is 2.28. The van der Waals surface area contributed by atoms with Gasteiger partial charge >= 0.3 is 0 Å². The molecule has 0 unspecified atom stereocenters. The van der Waals surface area contributed by atoms with E-state index in [9.17, 15) is 0 Å². The summed E-state index contributed by atoms with van der Waals surface area (Å²) in [5, 5.41) is 12.2. The second-order valence-corrected chi connectivity index (χ2v) is 4.67. The summed E-state index contributed by atoms with van der Waals surface area (Å²) in [5.74, 6) is 0. The molecule has 2 aromatic rings. The molecule has 0 aliphatic rings. The highest BCUT2D eigenvalue weighted by atomic mass is 35.5. The summed E-state index contributed by atoms with van der Waals surface area (Å²) in [6.45, 7) is 0. The van der Waals surface area contributed by atoms with E-state index in [0.29, 0.717) is 6.42 Å². The van der Waals surface area contributed by atoms with Crippen molar-refractivity contribution in [3.8, 4) is 17.3 Å². The maximum atomic E-state index is 8.49. The van der Waals surface area contributed by atoms with E-state index in [1.807, 2.05) is 29.6 Å². The third-order valence-corrected chi connectivity index (χ3v) is 3.30. The van der Waals surface area contributed by atoms with Gasteiger partial charge in [0.25, 0.3) is 0 Å². The molecule has 16 heavy (non-hydrogen) atoms. The Morgan fingerprint density at radius 2 is 2.06 bits per heavy atom. The van der Waals surface area contributed by atoms with E-state index in [2.05, 4.69) is 11.1 Å². The van der Waals surface area contributed by atoms with E-state index < -0.39 is 0 Å². The van der Waals surface area contributed by atoms with Crippen molar-refractivity contribution in [2.75, 3.05) is 0 Å². The molecule has 2 rings (SSSR count). The Morgan fingerprint density at radius 3 is 2.75 bits per heavy atom. The van der Waals surface area contributed by atoms with Crippen LogP contribution in [0, 0.1) is 11.3 Å². The Bertz CT molecular complexity index is 511. The molecular weight excluding hydrogens is 240 g/mol. The van der Waals surface area contributed by atoms with Gasteiger partial charge in [0, 0.05) is 28.8 Å². The lowest BCUT2D eigenvalue weighted by atomic mass is 10.2. The predicted molar refractivity (Wildman–Crippen MR) is 66.5 cm³/mol. The van der Waals surface area contributed by atoms with Crippen LogP contribution >= 0.6 is 22.9 Å². The molecule has 4 heteroatoms. The zero-order valence-electron chi connectivity index (χ0n) is 8.48. The normalized spacial score (nSPS) is 10.0. The van der Waals surface area contributed by atoms with Crippen LogP contribution in [0.4, 0.5) is 0 Å². The average Bonchev–Trinajstić information content (AvgIpc) is 2.76. The minimum Gasteiger partial charge on any atom is -0.241 e. The second-order valence-electron chi connectivity index (χ2n) is 3.29. The fourth-order valence-electron chi connectivity index (χ4n) is 1.34. The molecule has 0 fully saturated rings. The fraction of sp³-hybridized carbons (Fsp3) is 0.167. The molecule has 0 amide bonds. The first-order valence-electron chi connectivity index (χ1n) is 4.87. The maximum absolute atomic E-state index is 8.49. The van der Waals surface area contributed by atoms with Crippen molar-refractivity contribution in [3.05, 3.63) is 39.7 Å². The highest BCUT2D eigenvalue weighted by Gasteiger charge is 2.04. The summed E-state index contributed by atoms with van der Waals surface area (Å²) in [7, 11) is 0. The summed E-state index contributed by atoms with van der Waals surface area (Å²) in [5.41, 5.74) is 2.01. The Labute approximate surface area is 103 Å². The number of benzene rings is 1. The van der Waals surface area contributed by atoms with Crippen LogP contribution in [-0.4, -0.2) is 4.98 Å². The van der Waals surface area contributed by atoms with Crippen LogP contribution in [0.2, 0.25) is 5.02 Å². The molecule has 0 spiro atoms. The van der Waals surface area contributed by atoms with Crippen LogP contribution in [0.25, 0.3) is 11.3 Å². The topological polar surface area (TPSA) is 36.7 Å². The molecule has 0 aliphatic heterocycles. The van der Waals surface area contributed by atoms with Crippen molar-refractivity contribution in [2.24, 2.45) is 0 Å². The van der Waals surface area contributed by atoms with E-state index in [0.717, 1.165) is 27.7 Å². The van der Waals surface area contributed by atoms with Gasteiger partial charge in [0.1, 0.15) is 0 Å². The van der Waals surface area contributed by atoms with Crippen molar-refractivity contribution < 1.29 is 0 Å². The number of nitriles is 1. The van der Waals surface area contributed by atoms with Crippen molar-refractivity contribution in [1.29, 1.82) is 5.26 Å². The van der Waals surface area contributed by atoms with Gasteiger partial charge in [-0.3, -0.25) is 0 Å². The molecule has 0 saturated heterocycles. The number of nitrogens with zero attached hydrogens (tertiary/aromatic N) is 2. The summed E-state index contributed by atoms with van der Waals surface area (Å²) < 4.78 is 0. The molecule has 1 heterocycles. The molecule has 1 aromatic heterocycles. The van der Waals surface area contributed by atoms with E-state index in [1.165, 1.54) is 0 Å². The first-order valence-corrected chi connectivity index (χ1v) is 6.12. The van der Waals surface area contributed by atoms with Crippen LogP contribution in [0.1, 0.15) is 11.4 Å². The quantitative estimate of drug-likeness (QED) is 0.826. The first-order chi connectivity index (χ1) is 7.79. The molecule has 0 bridgehead atoms. The monoisotopic (exact) mass is 248 g/mol. The summed E-state index contributed by atoms with van der Waals surface area (Å²) in [6.07, 6.45) is 1.25. The van der Waals surface area contributed by atoms with Gasteiger partial charge in [0.2, 0.25) is 0 Å². The van der Waals surface area contributed by atoms with Gasteiger partial charge in [-0.05, 0) is 12.1 Å². The lowest BCUT2D eigenvalue weighted by Crippen LogP contribution is -1.83. The molecule has 0 atom stereocenters. The zero-order valence-corrected chi connectivity index (χ0v) is 10.1. The molecule has 0 saturated carbocycles. The maximum Gasteiger partial charge on any atom is 0.0942 e. The highest BCUT2D eigenvalue weighted by Crippen LogP contribution is 2.23. The van der Waals surface area contributed by atoms with Gasteiger partial charge in [0.15, 0.2) is 0 Å². The first kappa shape index (κ1) is 11.1. The minimum absolute atomic E-state index is 0.521. The Balaban J connectivity index is 2.18. The van der Waals surface area contributed by atoms with Crippen LogP contribution < -0.4 is 0 Å². The molecular formula is C12H9ClN2S. The van der Waals surface area contributed by atoms with Gasteiger partial charge in [-0.2, -0.15) is 5.26 Å². The number of halogens is 1. The molecule has 0 radical (unpaired) electrons. The summed E-state index contributed by atoms with van der Waals surface area (Å²) in [6, 6.07) is 9.73. The lowest BCUT2D eigenvalue weighted by molar-refractivity contribution is 0.991. The molecule has 1 aromatic carbocycles. The van der Waals surface area contributed by atoms with Crippen molar-refractivity contribution in [2.45, 2.75) is 12.8 Å². The second kappa shape index (κ2) is 5.11. The highest BCUT2D eigenvalue weighted by molar-refractivity contribution is 7.09. The van der Waals surface area contributed by atoms with Crippen LogP contribution in [-0.2, 0) is 6.42 Å². The standard InChI is InChI=1S/C12H9ClN2S/c13-10-5-3-9(4-6-10)11-8-16-12(15-11)2-1-7-14/h3-6,8H,1-2H2. The summed E-state index contributed by atoms with van der Waals surface area (Å²) in [4.78, 5) is 4.47. The Kier molecular flexibility index (Phi) is 3.55. The largest absolute Gasteiger partial charge is 0.241 e. The van der Waals surface area contributed by atoms with E-state index in [-0.39, 0.29) is 0 Å². The van der Waals surface area contributed by atoms with Gasteiger partial charge in [-0.1, -0.05) is 23.7 Å². The predicted octanol–water partition coefficient (Wildman–Crippen LogP) is 3.92. The third-order valence-electron chi connectivity index (χ3n) is 2.14. The molecule has 80 valence electrons. The van der Waals surface area contributed by atoms with Crippen LogP contribution in [0.15, 0.2) is 29.6 Å². The van der Waals surface area contributed by atoms with Crippen LogP contribution in [0.5, 0.6) is 0 Å². The lowest BCUT2D eigenvalue weighted by Gasteiger charge is -1.95. The van der Waals surface area contributed by atoms with E-state index in [1.54, 1.807) is 11.3 Å². The van der Waals surface area contributed by atoms with Gasteiger partial charge in [-0.15, -0.1) is 11.3 Å². The van der Waals surface area contributed by atoms with Crippen molar-refractivity contribution in [3.63, 3.8) is 0 Å². The third kappa shape index (κ3) is 2.60. The van der Waals surface area contributed by atoms with Crippen LogP contribution in [0.3, 0.4) is 0 Å². The number of hydrogen-bond acceptors (Lipinski definition) is 3. The number of hydrogen-bond donors (Lipinski definition) is 0. The Hall–Kier alpha value is -1.37. The van der Waals surface area contributed by atoms with Gasteiger partial charge in [0.05, 0.1) is 16.8 Å². The minimum atomic E-state index is 0.521. The molecule has 0 aliphatic carbocycles. The van der Waals surface area contributed by atoms with Gasteiger partial charge < -0.3 is 0 Å². The Morgan fingerprint density at radius 1 is 1.31 bits per heavy atom. The molecule has 0 N–H and O–H groups in total. The van der Waals surface area contributed by atoms with E-state index in [4.69, 9.17) is 16.9 Å². The van der Waals surface area contributed by atoms with Gasteiger partial charge in [-0.25, -0.2) is 4.98 Å². The number of aryl methyl sites for hydroxylation is 1. The zero-order chi connectivity index (χ0) is 11.4. The number of rotatable bonds is 3. The summed E-state index contributed by atoms with van der Waals surface area (Å²) >= 11 is 7.41. The SMILES string of the molecule is N#CCCc1nc(-c2ccc(Cl)cc2)cs1. The van der Waals surface area contributed by atoms with Crippen molar-refractivity contribution >= 4 is 22.9 Å². The number of thiazole rings is 1. The average molecular weight is 249 g/mol. The molecule has 2 nitrogen and oxygen atoms in total. The smallest absolute Gasteiger partial charge is 0.0942 e. The van der Waals surface area contributed by atoms with Crippen molar-refractivity contribution in [1.82, 2.24) is 4.98 Å².